The summed E-state index contributed by atoms with van der Waals surface area (Å²) >= 11 is 0. The average Bonchev–Trinajstić information content (AvgIpc) is 2.89. The third-order valence-electron chi connectivity index (χ3n) is 6.34. The summed E-state index contributed by atoms with van der Waals surface area (Å²) < 4.78 is 6.36. The number of hydrogen-bond acceptors (Lipinski definition) is 3. The van der Waals surface area contributed by atoms with Crippen LogP contribution in [0.5, 0.6) is 5.75 Å². The van der Waals surface area contributed by atoms with Crippen molar-refractivity contribution < 1.29 is 14.3 Å². The largest absolute Gasteiger partial charge is 0.486 e. The molecule has 0 N–H and O–H groups in total. The van der Waals surface area contributed by atoms with Gasteiger partial charge in [-0.2, -0.15) is 0 Å². The zero-order valence-electron chi connectivity index (χ0n) is 13.2. The molecule has 2 saturated carbocycles. The van der Waals surface area contributed by atoms with E-state index in [4.69, 9.17) is 4.74 Å². The molecule has 5 rings (SSSR count). The first-order valence-corrected chi connectivity index (χ1v) is 8.80. The Morgan fingerprint density at radius 2 is 2.00 bits per heavy atom. The number of likely N-dealkylation sites (tertiary alicyclic amines) is 1. The lowest BCUT2D eigenvalue weighted by atomic mass is 9.84. The number of carbonyl (C=O) groups excluding carboxylic acids is 2. The van der Waals surface area contributed by atoms with Crippen LogP contribution in [0.4, 0.5) is 0 Å². The van der Waals surface area contributed by atoms with E-state index in [1.165, 1.54) is 0 Å². The molecule has 4 heteroatoms. The molecule has 120 valence electrons. The topological polar surface area (TPSA) is 46.6 Å². The number of carbonyl (C=O) groups is 2. The summed E-state index contributed by atoms with van der Waals surface area (Å²) in [6.07, 6.45) is 4.62. The van der Waals surface area contributed by atoms with Gasteiger partial charge in [0.05, 0.1) is 12.0 Å². The van der Waals surface area contributed by atoms with E-state index in [-0.39, 0.29) is 17.6 Å². The van der Waals surface area contributed by atoms with Gasteiger partial charge in [0.25, 0.3) is 0 Å². The molecule has 0 radical (unpaired) electrons. The second kappa shape index (κ2) is 4.59. The first kappa shape index (κ1) is 13.6. The second-order valence-corrected chi connectivity index (χ2v) is 7.55. The van der Waals surface area contributed by atoms with Gasteiger partial charge in [0.15, 0.2) is 5.78 Å². The maximum atomic E-state index is 12.8. The number of rotatable bonds is 1. The van der Waals surface area contributed by atoms with Gasteiger partial charge in [-0.1, -0.05) is 12.1 Å². The van der Waals surface area contributed by atoms with Crippen molar-refractivity contribution in [3.8, 4) is 5.75 Å². The summed E-state index contributed by atoms with van der Waals surface area (Å²) in [5, 5.41) is 0. The van der Waals surface area contributed by atoms with Gasteiger partial charge in [-0.3, -0.25) is 9.59 Å². The molecule has 0 aromatic heterocycles. The van der Waals surface area contributed by atoms with Crippen LogP contribution >= 0.6 is 0 Å². The Bertz CT molecular complexity index is 694. The van der Waals surface area contributed by atoms with Crippen molar-refractivity contribution in [1.82, 2.24) is 4.90 Å². The molecule has 1 aromatic rings. The van der Waals surface area contributed by atoms with Crippen LogP contribution in [-0.4, -0.2) is 35.3 Å². The predicted octanol–water partition coefficient (Wildman–Crippen LogP) is 2.67. The lowest BCUT2D eigenvalue weighted by Crippen LogP contribution is -2.44. The molecule has 4 aliphatic rings. The van der Waals surface area contributed by atoms with E-state index in [2.05, 4.69) is 0 Å². The highest BCUT2D eigenvalue weighted by Crippen LogP contribution is 2.66. The van der Waals surface area contributed by atoms with Crippen molar-refractivity contribution in [3.63, 3.8) is 0 Å². The van der Waals surface area contributed by atoms with Gasteiger partial charge >= 0.3 is 0 Å². The van der Waals surface area contributed by atoms with Crippen molar-refractivity contribution in [1.29, 1.82) is 0 Å². The maximum Gasteiger partial charge on any atom is 0.226 e. The molecular formula is C19H21NO3. The van der Waals surface area contributed by atoms with E-state index in [9.17, 15) is 9.59 Å². The smallest absolute Gasteiger partial charge is 0.226 e. The Morgan fingerprint density at radius 3 is 2.83 bits per heavy atom. The monoisotopic (exact) mass is 311 g/mol. The number of hydrogen-bond donors (Lipinski definition) is 0. The fourth-order valence-electron chi connectivity index (χ4n) is 5.25. The third-order valence-corrected chi connectivity index (χ3v) is 6.34. The van der Waals surface area contributed by atoms with Gasteiger partial charge in [-0.15, -0.1) is 0 Å². The highest BCUT2D eigenvalue weighted by Gasteiger charge is 2.71. The number of fused-ring (bicyclic) bond motifs is 3. The molecule has 1 saturated heterocycles. The summed E-state index contributed by atoms with van der Waals surface area (Å²) in [7, 11) is 0. The van der Waals surface area contributed by atoms with Crippen LogP contribution in [0.2, 0.25) is 0 Å². The van der Waals surface area contributed by atoms with E-state index in [0.29, 0.717) is 29.6 Å². The molecule has 1 amide bonds. The quantitative estimate of drug-likeness (QED) is 0.801. The normalized spacial score (nSPS) is 37.5. The summed E-state index contributed by atoms with van der Waals surface area (Å²) in [6, 6.07) is 7.53. The maximum absolute atomic E-state index is 12.8. The van der Waals surface area contributed by atoms with Crippen LogP contribution in [0.15, 0.2) is 24.3 Å². The molecule has 4 nitrogen and oxygen atoms in total. The Balaban J connectivity index is 1.42. The minimum absolute atomic E-state index is 0.0971. The van der Waals surface area contributed by atoms with E-state index in [0.717, 1.165) is 38.8 Å². The lowest BCUT2D eigenvalue weighted by molar-refractivity contribution is -0.133. The van der Waals surface area contributed by atoms with Crippen LogP contribution in [0, 0.1) is 17.8 Å². The number of Topliss-reactive ketones (excluding diaryl/α,β-unsaturated/α-hetero) is 1. The Labute approximate surface area is 135 Å². The van der Waals surface area contributed by atoms with Crippen molar-refractivity contribution in [2.24, 2.45) is 17.8 Å². The van der Waals surface area contributed by atoms with Gasteiger partial charge in [0.1, 0.15) is 11.4 Å². The van der Waals surface area contributed by atoms with Crippen LogP contribution in [0.3, 0.4) is 0 Å². The summed E-state index contributed by atoms with van der Waals surface area (Å²) in [5.41, 5.74) is 0.278. The van der Waals surface area contributed by atoms with Gasteiger partial charge in [0.2, 0.25) is 5.91 Å². The minimum atomic E-state index is -0.420. The zero-order valence-corrected chi connectivity index (χ0v) is 13.2. The predicted molar refractivity (Wildman–Crippen MR) is 84.3 cm³/mol. The lowest BCUT2D eigenvalue weighted by Gasteiger charge is -2.37. The Kier molecular flexibility index (Phi) is 2.71. The Hall–Kier alpha value is -1.84. The number of nitrogens with zero attached hydrogens (tertiary/aromatic N) is 1. The van der Waals surface area contributed by atoms with Gasteiger partial charge in [0, 0.05) is 24.9 Å². The number of benzene rings is 1. The molecule has 2 heterocycles. The van der Waals surface area contributed by atoms with Crippen LogP contribution in [0.25, 0.3) is 0 Å². The Morgan fingerprint density at radius 1 is 1.22 bits per heavy atom. The number of amides is 1. The fraction of sp³-hybridized carbons (Fsp3) is 0.579. The summed E-state index contributed by atoms with van der Waals surface area (Å²) in [5.74, 6) is 1.97. The highest BCUT2D eigenvalue weighted by molar-refractivity contribution is 6.00. The molecule has 2 aliphatic heterocycles. The standard InChI is InChI=1S/C19H21NO3/c21-14-11-19(23-15-6-2-1-5-12(14)15)8-7-13-16(17(13)19)18(22)20-9-3-4-10-20/h1-2,5-6,13,16-17H,3-4,7-11H2/t13-,16+,17+,19+/m0/s1. The molecule has 0 bridgehead atoms. The van der Waals surface area contributed by atoms with Crippen molar-refractivity contribution >= 4 is 11.7 Å². The van der Waals surface area contributed by atoms with E-state index in [1.807, 2.05) is 29.2 Å². The van der Waals surface area contributed by atoms with E-state index < -0.39 is 5.60 Å². The van der Waals surface area contributed by atoms with Crippen LogP contribution < -0.4 is 4.74 Å². The van der Waals surface area contributed by atoms with Gasteiger partial charge in [-0.05, 0) is 43.7 Å². The molecule has 4 atom stereocenters. The molecule has 1 spiro atoms. The van der Waals surface area contributed by atoms with Crippen molar-refractivity contribution in [2.45, 2.75) is 37.7 Å². The first-order valence-electron chi connectivity index (χ1n) is 8.80. The summed E-state index contributed by atoms with van der Waals surface area (Å²) in [6.45, 7) is 1.81. The molecule has 3 fully saturated rings. The molecule has 23 heavy (non-hydrogen) atoms. The first-order chi connectivity index (χ1) is 11.2. The fourth-order valence-corrected chi connectivity index (χ4v) is 5.25. The molecule has 2 aliphatic carbocycles. The van der Waals surface area contributed by atoms with Crippen LogP contribution in [0.1, 0.15) is 42.5 Å². The average molecular weight is 311 g/mol. The van der Waals surface area contributed by atoms with E-state index in [1.54, 1.807) is 0 Å². The SMILES string of the molecule is O=C1C[C@@]2(CC[C@H]3[C@@H](C(=O)N4CCCC4)[C@@H]32)Oc2ccccc21. The number of ether oxygens (including phenoxy) is 1. The molecule has 1 aromatic carbocycles. The number of ketones is 1. The number of para-hydroxylation sites is 1. The van der Waals surface area contributed by atoms with Gasteiger partial charge < -0.3 is 9.64 Å². The minimum Gasteiger partial charge on any atom is -0.486 e. The van der Waals surface area contributed by atoms with E-state index >= 15 is 0 Å². The molecular weight excluding hydrogens is 290 g/mol. The van der Waals surface area contributed by atoms with Gasteiger partial charge in [-0.25, -0.2) is 0 Å². The molecule has 0 unspecified atom stereocenters. The van der Waals surface area contributed by atoms with Crippen molar-refractivity contribution in [3.05, 3.63) is 29.8 Å². The highest BCUT2D eigenvalue weighted by atomic mass is 16.5. The zero-order chi connectivity index (χ0) is 15.6. The second-order valence-electron chi connectivity index (χ2n) is 7.55. The van der Waals surface area contributed by atoms with Crippen molar-refractivity contribution in [2.75, 3.05) is 13.1 Å². The van der Waals surface area contributed by atoms with Crippen LogP contribution in [-0.2, 0) is 4.79 Å². The third kappa shape index (κ3) is 1.84. The summed E-state index contributed by atoms with van der Waals surface area (Å²) in [4.78, 5) is 27.4.